The molecule has 3 aromatic carbocycles. The predicted octanol–water partition coefficient (Wildman–Crippen LogP) is 5.98. The molecule has 0 radical (unpaired) electrons. The summed E-state index contributed by atoms with van der Waals surface area (Å²) in [6.45, 7) is 0.978. The molecule has 4 nitrogen and oxygen atoms in total. The molecule has 3 aromatic rings. The molecule has 0 bridgehead atoms. The lowest BCUT2D eigenvalue weighted by Crippen LogP contribution is -2.29. The normalized spacial score (nSPS) is 21.0. The van der Waals surface area contributed by atoms with E-state index in [1.807, 2.05) is 48.5 Å². The third kappa shape index (κ3) is 3.86. The van der Waals surface area contributed by atoms with Gasteiger partial charge in [-0.1, -0.05) is 60.7 Å². The van der Waals surface area contributed by atoms with Crippen LogP contribution in [0.4, 0.5) is 5.69 Å². The van der Waals surface area contributed by atoms with Crippen molar-refractivity contribution in [3.05, 3.63) is 96.1 Å². The molecule has 158 valence electrons. The maximum absolute atomic E-state index is 6.17. The van der Waals surface area contributed by atoms with Crippen LogP contribution in [0.25, 0.3) is 0 Å². The maximum Gasteiger partial charge on any atom is 0.142 e. The van der Waals surface area contributed by atoms with Crippen molar-refractivity contribution in [1.29, 1.82) is 0 Å². The van der Waals surface area contributed by atoms with Gasteiger partial charge in [0.25, 0.3) is 0 Å². The molecule has 0 saturated heterocycles. The van der Waals surface area contributed by atoms with Gasteiger partial charge in [0.1, 0.15) is 30.5 Å². The summed E-state index contributed by atoms with van der Waals surface area (Å²) >= 11 is 0. The molecule has 1 N–H and O–H groups in total. The van der Waals surface area contributed by atoms with E-state index in [1.54, 1.807) is 7.11 Å². The van der Waals surface area contributed by atoms with Crippen LogP contribution in [0.1, 0.15) is 29.5 Å². The van der Waals surface area contributed by atoms with Crippen LogP contribution < -0.4 is 19.5 Å². The third-order valence-corrected chi connectivity index (χ3v) is 6.19. The zero-order valence-corrected chi connectivity index (χ0v) is 17.7. The van der Waals surface area contributed by atoms with E-state index in [4.69, 9.17) is 14.2 Å². The number of hydrogen-bond donors (Lipinski definition) is 1. The van der Waals surface area contributed by atoms with Crippen LogP contribution in [-0.2, 0) is 0 Å². The fourth-order valence-electron chi connectivity index (χ4n) is 4.77. The molecule has 0 fully saturated rings. The topological polar surface area (TPSA) is 39.7 Å². The van der Waals surface area contributed by atoms with Gasteiger partial charge in [-0.25, -0.2) is 0 Å². The lowest BCUT2D eigenvalue weighted by Gasteiger charge is -2.38. The number of nitrogens with one attached hydrogen (secondary N) is 1. The minimum Gasteiger partial charge on any atom is -0.496 e. The Hall–Kier alpha value is -3.40. The largest absolute Gasteiger partial charge is 0.496 e. The van der Waals surface area contributed by atoms with E-state index in [9.17, 15) is 0 Å². The van der Waals surface area contributed by atoms with Crippen molar-refractivity contribution in [1.82, 2.24) is 0 Å². The van der Waals surface area contributed by atoms with Crippen molar-refractivity contribution in [2.45, 2.75) is 18.4 Å². The fraction of sp³-hybridized carbons (Fsp3) is 0.259. The Morgan fingerprint density at radius 1 is 0.806 bits per heavy atom. The Bertz CT molecular complexity index is 1060. The Balaban J connectivity index is 1.38. The molecule has 1 aliphatic carbocycles. The number of hydrogen-bond acceptors (Lipinski definition) is 4. The van der Waals surface area contributed by atoms with E-state index >= 15 is 0 Å². The lowest BCUT2D eigenvalue weighted by atomic mass is 9.76. The molecule has 0 saturated carbocycles. The second-order valence-electron chi connectivity index (χ2n) is 7.95. The van der Waals surface area contributed by atoms with E-state index in [0.717, 1.165) is 29.4 Å². The summed E-state index contributed by atoms with van der Waals surface area (Å²) in [6.07, 6.45) is 5.70. The van der Waals surface area contributed by atoms with Crippen LogP contribution in [0.3, 0.4) is 0 Å². The Kier molecular flexibility index (Phi) is 5.53. The van der Waals surface area contributed by atoms with Crippen molar-refractivity contribution in [2.24, 2.45) is 5.92 Å². The number of anilines is 1. The number of allylic oxidation sites excluding steroid dienone is 2. The van der Waals surface area contributed by atoms with Crippen LogP contribution in [0.5, 0.6) is 17.2 Å². The van der Waals surface area contributed by atoms with Crippen LogP contribution in [0.2, 0.25) is 0 Å². The van der Waals surface area contributed by atoms with Gasteiger partial charge < -0.3 is 19.5 Å². The highest BCUT2D eigenvalue weighted by Gasteiger charge is 2.39. The summed E-state index contributed by atoms with van der Waals surface area (Å²) in [4.78, 5) is 0. The Labute approximate surface area is 183 Å². The molecular weight excluding hydrogens is 386 g/mol. The fourth-order valence-corrected chi connectivity index (χ4v) is 4.77. The number of methoxy groups -OCH3 is 1. The molecule has 0 aromatic heterocycles. The summed E-state index contributed by atoms with van der Waals surface area (Å²) < 4.78 is 17.6. The van der Waals surface area contributed by atoms with Gasteiger partial charge in [-0.3, -0.25) is 0 Å². The molecule has 0 amide bonds. The number of fused-ring (bicyclic) bond motifs is 3. The van der Waals surface area contributed by atoms with Crippen molar-refractivity contribution in [2.75, 3.05) is 25.6 Å². The standard InChI is InChI=1S/C27H27NO3/c1-29-24-15-6-5-11-23(24)26-21-13-7-12-20(21)22-14-8-16-25(27(22)28-26)31-18-17-30-19-9-3-2-4-10-19/h2-12,14-16,20-21,26,28H,13,17-18H2,1H3. The summed E-state index contributed by atoms with van der Waals surface area (Å²) in [5.74, 6) is 3.47. The molecule has 31 heavy (non-hydrogen) atoms. The highest BCUT2D eigenvalue weighted by molar-refractivity contribution is 5.68. The zero-order valence-electron chi connectivity index (χ0n) is 17.7. The SMILES string of the molecule is COc1ccccc1C1Nc2c(OCCOc3ccccc3)cccc2C2C=CCC21. The maximum atomic E-state index is 6.17. The molecule has 1 aliphatic heterocycles. The first kappa shape index (κ1) is 19.6. The highest BCUT2D eigenvalue weighted by Crippen LogP contribution is 2.53. The average molecular weight is 414 g/mol. The molecular formula is C27H27NO3. The van der Waals surface area contributed by atoms with Gasteiger partial charge in [0, 0.05) is 11.5 Å². The quantitative estimate of drug-likeness (QED) is 0.382. The number of benzene rings is 3. The first-order chi connectivity index (χ1) is 15.3. The minimum atomic E-state index is 0.161. The predicted molar refractivity (Wildman–Crippen MR) is 123 cm³/mol. The summed E-state index contributed by atoms with van der Waals surface area (Å²) in [5, 5.41) is 3.80. The van der Waals surface area contributed by atoms with E-state index in [-0.39, 0.29) is 6.04 Å². The molecule has 3 unspecified atom stereocenters. The van der Waals surface area contributed by atoms with Crippen LogP contribution >= 0.6 is 0 Å². The van der Waals surface area contributed by atoms with Gasteiger partial charge in [-0.05, 0) is 42.2 Å². The van der Waals surface area contributed by atoms with Gasteiger partial charge in [-0.15, -0.1) is 0 Å². The van der Waals surface area contributed by atoms with Crippen molar-refractivity contribution in [3.8, 4) is 17.2 Å². The second kappa shape index (κ2) is 8.76. The Morgan fingerprint density at radius 2 is 1.55 bits per heavy atom. The first-order valence-corrected chi connectivity index (χ1v) is 10.8. The van der Waals surface area contributed by atoms with Crippen molar-refractivity contribution in [3.63, 3.8) is 0 Å². The first-order valence-electron chi connectivity index (χ1n) is 10.8. The van der Waals surface area contributed by atoms with Gasteiger partial charge >= 0.3 is 0 Å². The zero-order chi connectivity index (χ0) is 21.0. The van der Waals surface area contributed by atoms with Crippen molar-refractivity contribution < 1.29 is 14.2 Å². The Morgan fingerprint density at radius 3 is 2.42 bits per heavy atom. The van der Waals surface area contributed by atoms with Gasteiger partial charge in [-0.2, -0.15) is 0 Å². The molecule has 5 rings (SSSR count). The highest BCUT2D eigenvalue weighted by atomic mass is 16.5. The van der Waals surface area contributed by atoms with Gasteiger partial charge in [0.15, 0.2) is 0 Å². The lowest BCUT2D eigenvalue weighted by molar-refractivity contribution is 0.217. The summed E-state index contributed by atoms with van der Waals surface area (Å²) in [5.41, 5.74) is 3.56. The van der Waals surface area contributed by atoms with E-state index in [2.05, 4.69) is 41.7 Å². The van der Waals surface area contributed by atoms with Crippen LogP contribution in [0.15, 0.2) is 84.9 Å². The van der Waals surface area contributed by atoms with Gasteiger partial charge in [0.05, 0.1) is 18.8 Å². The summed E-state index contributed by atoms with van der Waals surface area (Å²) in [7, 11) is 1.74. The average Bonchev–Trinajstić information content (AvgIpc) is 3.32. The van der Waals surface area contributed by atoms with Gasteiger partial charge in [0.2, 0.25) is 0 Å². The molecule has 3 atom stereocenters. The van der Waals surface area contributed by atoms with Crippen LogP contribution in [-0.4, -0.2) is 20.3 Å². The molecule has 2 aliphatic rings. The summed E-state index contributed by atoms with van der Waals surface area (Å²) in [6, 6.07) is 24.6. The molecule has 1 heterocycles. The molecule has 0 spiro atoms. The number of para-hydroxylation sites is 3. The van der Waals surface area contributed by atoms with E-state index < -0.39 is 0 Å². The smallest absolute Gasteiger partial charge is 0.142 e. The molecule has 4 heteroatoms. The second-order valence-corrected chi connectivity index (χ2v) is 7.95. The van der Waals surface area contributed by atoms with Crippen LogP contribution in [0, 0.1) is 5.92 Å². The van der Waals surface area contributed by atoms with E-state index in [1.165, 1.54) is 11.1 Å². The van der Waals surface area contributed by atoms with Crippen molar-refractivity contribution >= 4 is 5.69 Å². The monoisotopic (exact) mass is 413 g/mol. The minimum absolute atomic E-state index is 0.161. The number of rotatable bonds is 7. The number of ether oxygens (including phenoxy) is 3. The van der Waals surface area contributed by atoms with E-state index in [0.29, 0.717) is 25.0 Å². The third-order valence-electron chi connectivity index (χ3n) is 6.19.